The Labute approximate surface area is 166 Å². The monoisotopic (exact) mass is 387 g/mol. The fourth-order valence-corrected chi connectivity index (χ4v) is 5.39. The Balaban J connectivity index is 1.70. The Hall–Kier alpha value is -2.63. The van der Waals surface area contributed by atoms with Crippen molar-refractivity contribution in [2.75, 3.05) is 11.9 Å². The summed E-state index contributed by atoms with van der Waals surface area (Å²) in [6.07, 6.45) is 0. The Bertz CT molecular complexity index is 1180. The van der Waals surface area contributed by atoms with Crippen LogP contribution < -0.4 is 4.90 Å². The van der Waals surface area contributed by atoms with Gasteiger partial charge in [-0.15, -0.1) is 11.3 Å². The van der Waals surface area contributed by atoms with Gasteiger partial charge in [-0.3, -0.25) is 0 Å². The van der Waals surface area contributed by atoms with E-state index in [-0.39, 0.29) is 0 Å². The zero-order valence-electron chi connectivity index (χ0n) is 15.0. The molecule has 5 rings (SSSR count). The van der Waals surface area contributed by atoms with Crippen molar-refractivity contribution in [3.05, 3.63) is 76.8 Å². The predicted molar refractivity (Wildman–Crippen MR) is 116 cm³/mol. The number of aromatic nitrogens is 2. The zero-order valence-corrected chi connectivity index (χ0v) is 16.6. The van der Waals surface area contributed by atoms with Crippen LogP contribution in [0, 0.1) is 0 Å². The number of allylic oxidation sites excluding steroid dienone is 1. The minimum Gasteiger partial charge on any atom is -0.338 e. The van der Waals surface area contributed by atoms with E-state index in [0.717, 1.165) is 27.3 Å². The largest absolute Gasteiger partial charge is 0.338 e. The molecular formula is C22H17N3S2. The number of thiophene rings is 1. The van der Waals surface area contributed by atoms with Gasteiger partial charge in [0.05, 0.1) is 26.6 Å². The summed E-state index contributed by atoms with van der Waals surface area (Å²) >= 11 is 3.51. The van der Waals surface area contributed by atoms with Crippen molar-refractivity contribution in [2.45, 2.75) is 11.8 Å². The number of fused-ring (bicyclic) bond motifs is 2. The third-order valence-electron chi connectivity index (χ3n) is 4.75. The first kappa shape index (κ1) is 16.5. The van der Waals surface area contributed by atoms with Gasteiger partial charge in [-0.25, -0.2) is 9.97 Å². The van der Waals surface area contributed by atoms with Crippen LogP contribution in [-0.2, 0) is 0 Å². The van der Waals surface area contributed by atoms with Crippen LogP contribution >= 0.6 is 23.1 Å². The van der Waals surface area contributed by atoms with Crippen LogP contribution in [0.1, 0.15) is 12.6 Å². The summed E-state index contributed by atoms with van der Waals surface area (Å²) in [5, 5.41) is 3.32. The number of hydrogen-bond acceptors (Lipinski definition) is 5. The second-order valence-corrected chi connectivity index (χ2v) is 8.40. The molecule has 3 heterocycles. The molecule has 2 aromatic carbocycles. The van der Waals surface area contributed by atoms with E-state index in [1.165, 1.54) is 21.2 Å². The Morgan fingerprint density at radius 2 is 1.70 bits per heavy atom. The standard InChI is InChI=1S/C22H17N3S2/c1-14(22-25(2)17-10-6-7-11-18(17)27-22)19-20-16(12-13-26-20)23-21(24-19)15-8-4-3-5-9-15/h3-13H,1-2H3. The maximum absolute atomic E-state index is 4.99. The number of anilines is 1. The van der Waals surface area contributed by atoms with Crippen molar-refractivity contribution < 1.29 is 0 Å². The van der Waals surface area contributed by atoms with E-state index in [2.05, 4.69) is 66.7 Å². The number of nitrogens with zero attached hydrogens (tertiary/aromatic N) is 3. The fourth-order valence-electron chi connectivity index (χ4n) is 3.37. The summed E-state index contributed by atoms with van der Waals surface area (Å²) < 4.78 is 1.14. The molecule has 0 saturated carbocycles. The lowest BCUT2D eigenvalue weighted by molar-refractivity contribution is 1.16. The smallest absolute Gasteiger partial charge is 0.160 e. The molecule has 132 valence electrons. The van der Waals surface area contributed by atoms with Crippen molar-refractivity contribution in [2.24, 2.45) is 0 Å². The number of hydrogen-bond donors (Lipinski definition) is 0. The van der Waals surface area contributed by atoms with Crippen molar-refractivity contribution in [1.29, 1.82) is 0 Å². The fraction of sp³-hybridized carbons (Fsp3) is 0.0909. The molecule has 0 spiro atoms. The van der Waals surface area contributed by atoms with E-state index in [4.69, 9.17) is 9.97 Å². The van der Waals surface area contributed by atoms with E-state index in [9.17, 15) is 0 Å². The van der Waals surface area contributed by atoms with Gasteiger partial charge in [-0.2, -0.15) is 0 Å². The maximum Gasteiger partial charge on any atom is 0.160 e. The van der Waals surface area contributed by atoms with Gasteiger partial charge in [-0.1, -0.05) is 54.2 Å². The molecular weight excluding hydrogens is 370 g/mol. The number of thioether (sulfide) groups is 1. The van der Waals surface area contributed by atoms with Crippen LogP contribution in [-0.4, -0.2) is 17.0 Å². The highest BCUT2D eigenvalue weighted by molar-refractivity contribution is 8.04. The number of rotatable bonds is 2. The average molecular weight is 388 g/mol. The van der Waals surface area contributed by atoms with Crippen LogP contribution in [0.5, 0.6) is 0 Å². The zero-order chi connectivity index (χ0) is 18.4. The Morgan fingerprint density at radius 3 is 2.52 bits per heavy atom. The molecule has 1 aliphatic heterocycles. The molecule has 0 aliphatic carbocycles. The normalized spacial score (nSPS) is 15.3. The molecule has 3 nitrogen and oxygen atoms in total. The molecule has 0 radical (unpaired) electrons. The van der Waals surface area contributed by atoms with Gasteiger partial charge in [0.1, 0.15) is 0 Å². The molecule has 27 heavy (non-hydrogen) atoms. The first-order valence-electron chi connectivity index (χ1n) is 8.75. The van der Waals surface area contributed by atoms with Gasteiger partial charge in [0.25, 0.3) is 0 Å². The quantitative estimate of drug-likeness (QED) is 0.404. The predicted octanol–water partition coefficient (Wildman–Crippen LogP) is 6.29. The van der Waals surface area contributed by atoms with Crippen LogP contribution in [0.4, 0.5) is 5.69 Å². The van der Waals surface area contributed by atoms with Crippen molar-refractivity contribution >= 4 is 44.6 Å². The lowest BCUT2D eigenvalue weighted by Crippen LogP contribution is -2.11. The summed E-state index contributed by atoms with van der Waals surface area (Å²) in [4.78, 5) is 13.3. The van der Waals surface area contributed by atoms with E-state index < -0.39 is 0 Å². The summed E-state index contributed by atoms with van der Waals surface area (Å²) in [5.41, 5.74) is 5.51. The number of para-hydroxylation sites is 1. The third-order valence-corrected chi connectivity index (χ3v) is 7.00. The summed E-state index contributed by atoms with van der Waals surface area (Å²) in [7, 11) is 2.13. The van der Waals surface area contributed by atoms with Crippen molar-refractivity contribution in [3.63, 3.8) is 0 Å². The average Bonchev–Trinajstić information content (AvgIpc) is 3.32. The van der Waals surface area contributed by atoms with Crippen molar-refractivity contribution in [1.82, 2.24) is 9.97 Å². The van der Waals surface area contributed by atoms with Gasteiger partial charge in [0, 0.05) is 23.1 Å². The first-order valence-corrected chi connectivity index (χ1v) is 10.4. The topological polar surface area (TPSA) is 29.0 Å². The highest BCUT2D eigenvalue weighted by Crippen LogP contribution is 2.48. The van der Waals surface area contributed by atoms with Gasteiger partial charge >= 0.3 is 0 Å². The van der Waals surface area contributed by atoms with E-state index in [1.807, 2.05) is 30.0 Å². The minimum absolute atomic E-state index is 0.777. The maximum atomic E-state index is 4.99. The Kier molecular flexibility index (Phi) is 3.99. The molecule has 0 N–H and O–H groups in total. The molecule has 4 aromatic rings. The SMILES string of the molecule is CC(=C1Sc2ccccc2N1C)c1nc(-c2ccccc2)nc2ccsc12. The van der Waals surface area contributed by atoms with Gasteiger partial charge < -0.3 is 4.90 Å². The molecule has 0 saturated heterocycles. The van der Waals surface area contributed by atoms with Gasteiger partial charge in [-0.05, 0) is 30.5 Å². The lowest BCUT2D eigenvalue weighted by atomic mass is 10.1. The highest BCUT2D eigenvalue weighted by Gasteiger charge is 2.25. The van der Waals surface area contributed by atoms with Crippen LogP contribution in [0.2, 0.25) is 0 Å². The van der Waals surface area contributed by atoms with E-state index in [1.54, 1.807) is 11.3 Å². The molecule has 2 aromatic heterocycles. The molecule has 0 fully saturated rings. The highest BCUT2D eigenvalue weighted by atomic mass is 32.2. The molecule has 0 amide bonds. The first-order chi connectivity index (χ1) is 13.2. The van der Waals surface area contributed by atoms with Crippen LogP contribution in [0.15, 0.2) is 76.0 Å². The second-order valence-electron chi connectivity index (χ2n) is 6.46. The molecule has 5 heteroatoms. The molecule has 0 bridgehead atoms. The van der Waals surface area contributed by atoms with Gasteiger partial charge in [0.15, 0.2) is 5.82 Å². The van der Waals surface area contributed by atoms with Crippen molar-refractivity contribution in [3.8, 4) is 11.4 Å². The summed E-state index contributed by atoms with van der Waals surface area (Å²) in [6.45, 7) is 2.17. The lowest BCUT2D eigenvalue weighted by Gasteiger charge is -2.17. The van der Waals surface area contributed by atoms with E-state index in [0.29, 0.717) is 0 Å². The van der Waals surface area contributed by atoms with Crippen LogP contribution in [0.25, 0.3) is 27.2 Å². The molecule has 0 atom stereocenters. The minimum atomic E-state index is 0.777. The van der Waals surface area contributed by atoms with Crippen LogP contribution in [0.3, 0.4) is 0 Å². The van der Waals surface area contributed by atoms with E-state index >= 15 is 0 Å². The second kappa shape index (κ2) is 6.51. The van der Waals surface area contributed by atoms with Gasteiger partial charge in [0.2, 0.25) is 0 Å². The summed E-state index contributed by atoms with van der Waals surface area (Å²) in [5.74, 6) is 0.777. The number of benzene rings is 2. The third kappa shape index (κ3) is 2.74. The molecule has 0 unspecified atom stereocenters. The Morgan fingerprint density at radius 1 is 0.926 bits per heavy atom. The molecule has 1 aliphatic rings. The summed E-state index contributed by atoms with van der Waals surface area (Å²) in [6, 6.07) is 20.8.